The molecule has 1 aliphatic rings. The minimum Gasteiger partial charge on any atom is -0.377 e. The van der Waals surface area contributed by atoms with Gasteiger partial charge in [0.2, 0.25) is 10.0 Å². The Kier molecular flexibility index (Phi) is 5.87. The van der Waals surface area contributed by atoms with E-state index in [0.29, 0.717) is 37.4 Å². The average Bonchev–Trinajstić information content (AvgIpc) is 2.52. The maximum atomic E-state index is 12.7. The van der Waals surface area contributed by atoms with Gasteiger partial charge in [-0.05, 0) is 44.5 Å². The molecule has 7 heteroatoms. The highest BCUT2D eigenvalue weighted by Gasteiger charge is 2.34. The van der Waals surface area contributed by atoms with E-state index in [1.807, 2.05) is 20.8 Å². The SMILES string of the molecule is CCCCS(=O)(=O)Nc1ccc(C(=O)N2CCOCC2(C)C)cc1. The number of anilines is 1. The maximum Gasteiger partial charge on any atom is 0.254 e. The Morgan fingerprint density at radius 2 is 1.96 bits per heavy atom. The number of unbranched alkanes of at least 4 members (excludes halogenated alkanes) is 1. The van der Waals surface area contributed by atoms with Crippen LogP contribution in [-0.2, 0) is 14.8 Å². The van der Waals surface area contributed by atoms with Crippen LogP contribution in [0.25, 0.3) is 0 Å². The predicted octanol–water partition coefficient (Wildman–Crippen LogP) is 2.48. The first kappa shape index (κ1) is 18.7. The van der Waals surface area contributed by atoms with Crippen LogP contribution >= 0.6 is 0 Å². The van der Waals surface area contributed by atoms with Gasteiger partial charge in [-0.15, -0.1) is 0 Å². The summed E-state index contributed by atoms with van der Waals surface area (Å²) >= 11 is 0. The number of sulfonamides is 1. The van der Waals surface area contributed by atoms with Crippen molar-refractivity contribution in [1.29, 1.82) is 0 Å². The lowest BCUT2D eigenvalue weighted by Crippen LogP contribution is -2.55. The van der Waals surface area contributed by atoms with Gasteiger partial charge in [0.25, 0.3) is 5.91 Å². The molecule has 1 saturated heterocycles. The number of carbonyl (C=O) groups is 1. The van der Waals surface area contributed by atoms with Crippen LogP contribution in [-0.4, -0.2) is 50.3 Å². The summed E-state index contributed by atoms with van der Waals surface area (Å²) in [5, 5.41) is 0. The molecule has 134 valence electrons. The van der Waals surface area contributed by atoms with Gasteiger partial charge < -0.3 is 9.64 Å². The quantitative estimate of drug-likeness (QED) is 0.851. The first-order chi connectivity index (χ1) is 11.2. The molecule has 1 fully saturated rings. The molecule has 0 aromatic heterocycles. The monoisotopic (exact) mass is 354 g/mol. The molecular formula is C17H26N2O4S. The molecule has 1 aromatic carbocycles. The van der Waals surface area contributed by atoms with Gasteiger partial charge in [-0.1, -0.05) is 13.3 Å². The van der Waals surface area contributed by atoms with Crippen molar-refractivity contribution in [2.75, 3.05) is 30.2 Å². The highest BCUT2D eigenvalue weighted by Crippen LogP contribution is 2.22. The number of amides is 1. The van der Waals surface area contributed by atoms with Crippen molar-refractivity contribution in [3.8, 4) is 0 Å². The Bertz CT molecular complexity index is 668. The number of hydrogen-bond acceptors (Lipinski definition) is 4. The second-order valence-corrected chi connectivity index (χ2v) is 8.52. The Morgan fingerprint density at radius 3 is 2.54 bits per heavy atom. The predicted molar refractivity (Wildman–Crippen MR) is 94.7 cm³/mol. The smallest absolute Gasteiger partial charge is 0.254 e. The standard InChI is InChI=1S/C17H26N2O4S/c1-4-5-12-24(21,22)18-15-8-6-14(7-9-15)16(20)19-10-11-23-13-17(19,2)3/h6-9,18H,4-5,10-13H2,1-3H3. The van der Waals surface area contributed by atoms with Crippen LogP contribution in [0.5, 0.6) is 0 Å². The minimum atomic E-state index is -3.33. The zero-order chi connectivity index (χ0) is 17.8. The second-order valence-electron chi connectivity index (χ2n) is 6.67. The molecule has 1 aromatic rings. The van der Waals surface area contributed by atoms with Gasteiger partial charge in [0.05, 0.1) is 24.5 Å². The van der Waals surface area contributed by atoms with Gasteiger partial charge in [0.1, 0.15) is 0 Å². The van der Waals surface area contributed by atoms with E-state index in [9.17, 15) is 13.2 Å². The summed E-state index contributed by atoms with van der Waals surface area (Å²) in [6, 6.07) is 6.57. The number of carbonyl (C=O) groups excluding carboxylic acids is 1. The first-order valence-electron chi connectivity index (χ1n) is 8.25. The Hall–Kier alpha value is -1.60. The highest BCUT2D eigenvalue weighted by molar-refractivity contribution is 7.92. The summed E-state index contributed by atoms with van der Waals surface area (Å²) in [6.45, 7) is 7.49. The van der Waals surface area contributed by atoms with Crippen LogP contribution < -0.4 is 4.72 Å². The number of ether oxygens (including phenoxy) is 1. The van der Waals surface area contributed by atoms with Crippen LogP contribution in [0.15, 0.2) is 24.3 Å². The van der Waals surface area contributed by atoms with Crippen LogP contribution in [0.2, 0.25) is 0 Å². The van der Waals surface area contributed by atoms with Crippen LogP contribution in [0.3, 0.4) is 0 Å². The second kappa shape index (κ2) is 7.53. The molecule has 24 heavy (non-hydrogen) atoms. The van der Waals surface area contributed by atoms with Crippen molar-refractivity contribution >= 4 is 21.6 Å². The molecule has 0 bridgehead atoms. The first-order valence-corrected chi connectivity index (χ1v) is 9.91. The van der Waals surface area contributed by atoms with Crippen molar-refractivity contribution in [2.24, 2.45) is 0 Å². The van der Waals surface area contributed by atoms with E-state index in [-0.39, 0.29) is 17.2 Å². The minimum absolute atomic E-state index is 0.0660. The van der Waals surface area contributed by atoms with Gasteiger partial charge in [-0.25, -0.2) is 8.42 Å². The lowest BCUT2D eigenvalue weighted by Gasteiger charge is -2.42. The van der Waals surface area contributed by atoms with Crippen molar-refractivity contribution in [1.82, 2.24) is 4.90 Å². The van der Waals surface area contributed by atoms with Crippen LogP contribution in [0, 0.1) is 0 Å². The van der Waals surface area contributed by atoms with E-state index in [1.54, 1.807) is 29.2 Å². The molecule has 1 amide bonds. The molecule has 6 nitrogen and oxygen atoms in total. The third kappa shape index (κ3) is 4.70. The zero-order valence-electron chi connectivity index (χ0n) is 14.5. The Balaban J connectivity index is 2.07. The molecule has 0 aliphatic carbocycles. The molecule has 0 spiro atoms. The van der Waals surface area contributed by atoms with E-state index < -0.39 is 10.0 Å². The molecule has 1 N–H and O–H groups in total. The van der Waals surface area contributed by atoms with E-state index in [1.165, 1.54) is 0 Å². The fourth-order valence-corrected chi connectivity index (χ4v) is 3.90. The fraction of sp³-hybridized carbons (Fsp3) is 0.588. The van der Waals surface area contributed by atoms with Crippen LogP contribution in [0.1, 0.15) is 44.0 Å². The van der Waals surface area contributed by atoms with Gasteiger partial charge in [-0.3, -0.25) is 9.52 Å². The molecular weight excluding hydrogens is 328 g/mol. The fourth-order valence-electron chi connectivity index (χ4n) is 2.64. The summed E-state index contributed by atoms with van der Waals surface area (Å²) in [7, 11) is -3.33. The number of rotatable bonds is 6. The number of hydrogen-bond donors (Lipinski definition) is 1. The van der Waals surface area contributed by atoms with Crippen molar-refractivity contribution in [3.05, 3.63) is 29.8 Å². The largest absolute Gasteiger partial charge is 0.377 e. The Labute approximate surface area is 144 Å². The molecule has 0 unspecified atom stereocenters. The lowest BCUT2D eigenvalue weighted by atomic mass is 10.0. The van der Waals surface area contributed by atoms with Crippen molar-refractivity contribution < 1.29 is 17.9 Å². The summed E-state index contributed by atoms with van der Waals surface area (Å²) in [4.78, 5) is 14.5. The Morgan fingerprint density at radius 1 is 1.29 bits per heavy atom. The number of benzene rings is 1. The maximum absolute atomic E-state index is 12.7. The molecule has 0 saturated carbocycles. The normalized spacial score (nSPS) is 17.5. The molecule has 2 rings (SSSR count). The lowest BCUT2D eigenvalue weighted by molar-refractivity contribution is -0.0370. The molecule has 0 atom stereocenters. The highest BCUT2D eigenvalue weighted by atomic mass is 32.2. The number of nitrogens with zero attached hydrogens (tertiary/aromatic N) is 1. The van der Waals surface area contributed by atoms with E-state index in [0.717, 1.165) is 6.42 Å². The van der Waals surface area contributed by atoms with Gasteiger partial charge in [-0.2, -0.15) is 0 Å². The molecule has 0 radical (unpaired) electrons. The zero-order valence-corrected chi connectivity index (χ0v) is 15.4. The van der Waals surface area contributed by atoms with E-state index in [2.05, 4.69) is 4.72 Å². The van der Waals surface area contributed by atoms with Gasteiger partial charge >= 0.3 is 0 Å². The van der Waals surface area contributed by atoms with E-state index in [4.69, 9.17) is 4.74 Å². The topological polar surface area (TPSA) is 75.7 Å². The molecule has 1 heterocycles. The summed E-state index contributed by atoms with van der Waals surface area (Å²) < 4.78 is 31.8. The summed E-state index contributed by atoms with van der Waals surface area (Å²) in [5.41, 5.74) is 0.667. The molecule has 1 aliphatic heterocycles. The van der Waals surface area contributed by atoms with Gasteiger partial charge in [0.15, 0.2) is 0 Å². The van der Waals surface area contributed by atoms with E-state index >= 15 is 0 Å². The third-order valence-corrected chi connectivity index (χ3v) is 5.44. The van der Waals surface area contributed by atoms with Gasteiger partial charge in [0, 0.05) is 17.8 Å². The third-order valence-electron chi connectivity index (χ3n) is 4.06. The van der Waals surface area contributed by atoms with Crippen LogP contribution in [0.4, 0.5) is 5.69 Å². The summed E-state index contributed by atoms with van der Waals surface area (Å²) in [5.74, 6) is 0.0373. The number of morpholine rings is 1. The summed E-state index contributed by atoms with van der Waals surface area (Å²) in [6.07, 6.45) is 1.45. The van der Waals surface area contributed by atoms with Crippen molar-refractivity contribution in [3.63, 3.8) is 0 Å². The number of nitrogens with one attached hydrogen (secondary N) is 1. The van der Waals surface area contributed by atoms with Crippen molar-refractivity contribution in [2.45, 2.75) is 39.2 Å². The average molecular weight is 354 g/mol.